The Morgan fingerprint density at radius 2 is 1.45 bits per heavy atom. The van der Waals surface area contributed by atoms with Crippen LogP contribution in [0.25, 0.3) is 0 Å². The van der Waals surface area contributed by atoms with Crippen molar-refractivity contribution in [3.63, 3.8) is 0 Å². The number of halogens is 1. The Labute approximate surface area is 235 Å². The lowest BCUT2D eigenvalue weighted by molar-refractivity contribution is -0.122. The van der Waals surface area contributed by atoms with Crippen LogP contribution in [0.1, 0.15) is 39.3 Å². The number of amides is 2. The van der Waals surface area contributed by atoms with Crippen LogP contribution < -0.4 is 4.90 Å². The summed E-state index contributed by atoms with van der Waals surface area (Å²) >= 11 is 2.29. The molecule has 2 amide bonds. The summed E-state index contributed by atoms with van der Waals surface area (Å²) in [6, 6.07) is 30.5. The summed E-state index contributed by atoms with van der Waals surface area (Å²) in [6.45, 7) is 3.99. The van der Waals surface area contributed by atoms with Crippen molar-refractivity contribution in [1.82, 2.24) is 0 Å². The van der Waals surface area contributed by atoms with Gasteiger partial charge in [-0.05, 0) is 82.5 Å². The Bertz CT molecular complexity index is 1640. The molecule has 0 N–H and O–H groups in total. The van der Waals surface area contributed by atoms with Gasteiger partial charge in [0.2, 0.25) is 11.8 Å². The summed E-state index contributed by atoms with van der Waals surface area (Å²) in [4.78, 5) is 35.3. The molecule has 4 aromatic carbocycles. The number of aliphatic imine (C=N–C) groups is 1. The minimum Gasteiger partial charge on any atom is -0.274 e. The first-order chi connectivity index (χ1) is 18.4. The summed E-state index contributed by atoms with van der Waals surface area (Å²) < 4.78 is 1.03. The monoisotopic (exact) mass is 608 g/mol. The van der Waals surface area contributed by atoms with Crippen LogP contribution in [0, 0.1) is 29.3 Å². The van der Waals surface area contributed by atoms with Gasteiger partial charge in [0, 0.05) is 15.7 Å². The number of carbonyl (C=O) groups is 2. The van der Waals surface area contributed by atoms with Crippen LogP contribution in [0.4, 0.5) is 11.4 Å². The molecular formula is C33H25IN2O2. The summed E-state index contributed by atoms with van der Waals surface area (Å²) in [7, 11) is 0. The van der Waals surface area contributed by atoms with Crippen molar-refractivity contribution in [3.8, 4) is 0 Å². The van der Waals surface area contributed by atoms with Crippen molar-refractivity contribution < 1.29 is 9.59 Å². The van der Waals surface area contributed by atoms with Crippen molar-refractivity contribution in [2.75, 3.05) is 4.90 Å². The zero-order valence-electron chi connectivity index (χ0n) is 21.1. The predicted molar refractivity (Wildman–Crippen MR) is 158 cm³/mol. The Hall–Kier alpha value is -3.58. The second-order valence-corrected chi connectivity index (χ2v) is 11.7. The molecule has 1 heterocycles. The molecule has 1 aliphatic heterocycles. The molecule has 0 radical (unpaired) electrons. The fraction of sp³-hybridized carbons (Fsp3) is 0.182. The number of hydrogen-bond acceptors (Lipinski definition) is 3. The quantitative estimate of drug-likeness (QED) is 0.145. The maximum absolute atomic E-state index is 14.5. The van der Waals surface area contributed by atoms with E-state index in [-0.39, 0.29) is 17.7 Å². The van der Waals surface area contributed by atoms with Crippen molar-refractivity contribution >= 4 is 52.0 Å². The zero-order valence-corrected chi connectivity index (χ0v) is 23.2. The van der Waals surface area contributed by atoms with E-state index in [1.165, 1.54) is 4.90 Å². The first kappa shape index (κ1) is 23.5. The van der Waals surface area contributed by atoms with Gasteiger partial charge in [0.15, 0.2) is 0 Å². The van der Waals surface area contributed by atoms with Crippen LogP contribution in [-0.4, -0.2) is 18.0 Å². The van der Waals surface area contributed by atoms with Crippen LogP contribution in [0.3, 0.4) is 0 Å². The SMILES string of the molecule is Cc1ccc(N2C(=O)[C@@H]3C4c5ccccc5C(C=Nc5ccccc5I)(c5ccccc54)[C@H]3C2=O)c(C)c1. The van der Waals surface area contributed by atoms with Crippen LogP contribution in [0.15, 0.2) is 96.0 Å². The summed E-state index contributed by atoms with van der Waals surface area (Å²) in [5.74, 6) is -1.50. The number of aryl methyl sites for hydroxylation is 2. The van der Waals surface area contributed by atoms with Crippen LogP contribution in [0.5, 0.6) is 0 Å². The first-order valence-electron chi connectivity index (χ1n) is 12.9. The Kier molecular flexibility index (Phi) is 5.24. The molecule has 4 aromatic rings. The molecule has 186 valence electrons. The van der Waals surface area contributed by atoms with Crippen molar-refractivity contribution in [1.29, 1.82) is 0 Å². The average Bonchev–Trinajstić information content (AvgIpc) is 3.19. The van der Waals surface area contributed by atoms with E-state index in [1.54, 1.807) is 0 Å². The molecule has 0 aromatic heterocycles. The molecule has 3 aliphatic carbocycles. The Morgan fingerprint density at radius 3 is 2.11 bits per heavy atom. The first-order valence-corrected chi connectivity index (χ1v) is 13.9. The van der Waals surface area contributed by atoms with E-state index in [2.05, 4.69) is 46.9 Å². The molecule has 1 saturated heterocycles. The van der Waals surface area contributed by atoms with E-state index < -0.39 is 17.3 Å². The second-order valence-electron chi connectivity index (χ2n) is 10.5. The Balaban J connectivity index is 1.52. The number of imide groups is 1. The van der Waals surface area contributed by atoms with Crippen molar-refractivity contribution in [2.24, 2.45) is 16.8 Å². The number of rotatable bonds is 3. The van der Waals surface area contributed by atoms with Gasteiger partial charge in [0.25, 0.3) is 0 Å². The molecule has 38 heavy (non-hydrogen) atoms. The van der Waals surface area contributed by atoms with Crippen LogP contribution >= 0.6 is 22.6 Å². The molecule has 5 heteroatoms. The van der Waals surface area contributed by atoms with Gasteiger partial charge in [0.1, 0.15) is 0 Å². The lowest BCUT2D eigenvalue weighted by Gasteiger charge is -2.52. The molecule has 0 unspecified atom stereocenters. The number of carbonyl (C=O) groups excluding carboxylic acids is 2. The molecule has 2 bridgehead atoms. The van der Waals surface area contributed by atoms with Gasteiger partial charge in [-0.25, -0.2) is 4.90 Å². The standard InChI is InChI=1S/C33H25IN2O2/c1-19-15-16-27(20(2)17-19)36-31(37)29-28-21-9-3-5-11-23(21)33(30(29)32(36)38,24-12-6-4-10-22(24)28)18-35-26-14-8-7-13-25(26)34/h3-18,28-30H,1-2H3/t28?,29-,30-,33?/m1/s1. The van der Waals surface area contributed by atoms with E-state index in [9.17, 15) is 9.59 Å². The maximum atomic E-state index is 14.5. The van der Waals surface area contributed by atoms with E-state index in [0.717, 1.165) is 42.6 Å². The van der Waals surface area contributed by atoms with Gasteiger partial charge in [-0.1, -0.05) is 78.4 Å². The average molecular weight is 608 g/mol. The lowest BCUT2D eigenvalue weighted by Crippen LogP contribution is -2.54. The summed E-state index contributed by atoms with van der Waals surface area (Å²) in [6.07, 6.45) is 1.96. The smallest absolute Gasteiger partial charge is 0.239 e. The van der Waals surface area contributed by atoms with E-state index in [4.69, 9.17) is 4.99 Å². The fourth-order valence-electron chi connectivity index (χ4n) is 7.07. The van der Waals surface area contributed by atoms with Crippen molar-refractivity contribution in [2.45, 2.75) is 25.2 Å². The normalized spacial score (nSPS) is 25.0. The van der Waals surface area contributed by atoms with Gasteiger partial charge in [-0.2, -0.15) is 0 Å². The highest BCUT2D eigenvalue weighted by atomic mass is 127. The molecule has 2 atom stereocenters. The van der Waals surface area contributed by atoms with E-state index in [0.29, 0.717) is 5.69 Å². The number of nitrogens with zero attached hydrogens (tertiary/aromatic N) is 2. The topological polar surface area (TPSA) is 49.7 Å². The van der Waals surface area contributed by atoms with Gasteiger partial charge < -0.3 is 0 Å². The number of para-hydroxylation sites is 1. The van der Waals surface area contributed by atoms with E-state index in [1.807, 2.05) is 86.8 Å². The van der Waals surface area contributed by atoms with Crippen molar-refractivity contribution in [3.05, 3.63) is 128 Å². The molecule has 0 spiro atoms. The van der Waals surface area contributed by atoms with Gasteiger partial charge in [-0.15, -0.1) is 0 Å². The molecule has 1 fully saturated rings. The summed E-state index contributed by atoms with van der Waals surface area (Å²) in [5, 5.41) is 0. The minimum atomic E-state index is -0.856. The van der Waals surface area contributed by atoms with E-state index >= 15 is 0 Å². The van der Waals surface area contributed by atoms with Gasteiger partial charge in [0.05, 0.1) is 28.6 Å². The second kappa shape index (κ2) is 8.46. The fourth-order valence-corrected chi connectivity index (χ4v) is 7.60. The predicted octanol–water partition coefficient (Wildman–Crippen LogP) is 6.86. The third-order valence-electron chi connectivity index (χ3n) is 8.54. The lowest BCUT2D eigenvalue weighted by atomic mass is 9.47. The number of benzene rings is 4. The summed E-state index contributed by atoms with van der Waals surface area (Å²) in [5.41, 5.74) is 7.08. The third kappa shape index (κ3) is 3.05. The molecule has 4 nitrogen and oxygen atoms in total. The zero-order chi connectivity index (χ0) is 26.2. The highest BCUT2D eigenvalue weighted by Crippen LogP contribution is 2.63. The third-order valence-corrected chi connectivity index (χ3v) is 9.45. The van der Waals surface area contributed by atoms with Gasteiger partial charge >= 0.3 is 0 Å². The molecule has 0 saturated carbocycles. The molecule has 8 rings (SSSR count). The number of hydrogen-bond donors (Lipinski definition) is 0. The number of anilines is 1. The largest absolute Gasteiger partial charge is 0.274 e. The van der Waals surface area contributed by atoms with Gasteiger partial charge in [-0.3, -0.25) is 14.6 Å². The Morgan fingerprint density at radius 1 is 0.816 bits per heavy atom. The van der Waals surface area contributed by atoms with Crippen LogP contribution in [-0.2, 0) is 15.0 Å². The molecule has 4 aliphatic rings. The highest BCUT2D eigenvalue weighted by molar-refractivity contribution is 14.1. The highest BCUT2D eigenvalue weighted by Gasteiger charge is 2.68. The maximum Gasteiger partial charge on any atom is 0.239 e. The van der Waals surface area contributed by atoms with Crippen LogP contribution in [0.2, 0.25) is 0 Å². The molecular weight excluding hydrogens is 583 g/mol. The minimum absolute atomic E-state index is 0.118.